The van der Waals surface area contributed by atoms with Crippen molar-refractivity contribution in [2.24, 2.45) is 5.92 Å². The number of morpholine rings is 1. The van der Waals surface area contributed by atoms with Crippen LogP contribution >= 0.6 is 0 Å². The highest BCUT2D eigenvalue weighted by atomic mass is 16.6. The molecule has 0 N–H and O–H groups in total. The van der Waals surface area contributed by atoms with Gasteiger partial charge in [-0.05, 0) is 43.2 Å². The largest absolute Gasteiger partial charge is 0.633 e. The van der Waals surface area contributed by atoms with E-state index in [0.29, 0.717) is 25.6 Å². The van der Waals surface area contributed by atoms with Crippen LogP contribution < -0.4 is 0 Å². The third-order valence-corrected chi connectivity index (χ3v) is 5.49. The van der Waals surface area contributed by atoms with Crippen LogP contribution in [-0.2, 0) is 16.6 Å². The van der Waals surface area contributed by atoms with E-state index in [1.165, 1.54) is 11.1 Å². The molecule has 0 saturated carbocycles. The number of benzene rings is 1. The number of hydroxylamine groups is 3. The maximum absolute atomic E-state index is 13.0. The second-order valence-corrected chi connectivity index (χ2v) is 8.61. The molecular weight excluding hydrogens is 298 g/mol. The van der Waals surface area contributed by atoms with Gasteiger partial charge in [-0.3, -0.25) is 0 Å². The minimum Gasteiger partial charge on any atom is -0.633 e. The maximum atomic E-state index is 13.0. The van der Waals surface area contributed by atoms with E-state index in [1.54, 1.807) is 0 Å². The van der Waals surface area contributed by atoms with Crippen LogP contribution in [0.1, 0.15) is 59.1 Å². The predicted molar refractivity (Wildman–Crippen MR) is 101 cm³/mol. The molecular formula is C21H35NO2. The monoisotopic (exact) mass is 333 g/mol. The summed E-state index contributed by atoms with van der Waals surface area (Å²) in [6.07, 6.45) is 2.24. The quantitative estimate of drug-likeness (QED) is 0.559. The number of hydrogen-bond acceptors (Lipinski definition) is 2. The minimum atomic E-state index is -0.107. The van der Waals surface area contributed by atoms with E-state index in [4.69, 9.17) is 4.74 Å². The fourth-order valence-electron chi connectivity index (χ4n) is 3.97. The summed E-state index contributed by atoms with van der Waals surface area (Å²) in [4.78, 5) is 0. The Morgan fingerprint density at radius 3 is 2.21 bits per heavy atom. The fourth-order valence-corrected chi connectivity index (χ4v) is 3.97. The molecule has 1 saturated heterocycles. The lowest BCUT2D eigenvalue weighted by Crippen LogP contribution is -2.57. The smallest absolute Gasteiger partial charge is 0.105 e. The first-order chi connectivity index (χ1) is 11.1. The molecule has 24 heavy (non-hydrogen) atoms. The first kappa shape index (κ1) is 19.4. The molecule has 136 valence electrons. The minimum absolute atomic E-state index is 0.0639. The SMILES string of the molecule is CCC(C)(C)c1ccc(CC(C)C[N+]2([O-])CC(C)OC(C)C2)cc1. The van der Waals surface area contributed by atoms with Gasteiger partial charge in [-0.2, -0.15) is 0 Å². The van der Waals surface area contributed by atoms with Gasteiger partial charge in [0.15, 0.2) is 0 Å². The second-order valence-electron chi connectivity index (χ2n) is 8.61. The zero-order chi connectivity index (χ0) is 18.0. The lowest BCUT2D eigenvalue weighted by Gasteiger charge is -2.50. The molecule has 3 nitrogen and oxygen atoms in total. The zero-order valence-corrected chi connectivity index (χ0v) is 16.3. The molecule has 0 aliphatic carbocycles. The van der Waals surface area contributed by atoms with Crippen LogP contribution in [0.5, 0.6) is 0 Å². The summed E-state index contributed by atoms with van der Waals surface area (Å²) in [7, 11) is 0. The van der Waals surface area contributed by atoms with E-state index in [-0.39, 0.29) is 22.3 Å². The summed E-state index contributed by atoms with van der Waals surface area (Å²) < 4.78 is 5.61. The van der Waals surface area contributed by atoms with Crippen LogP contribution in [0.4, 0.5) is 0 Å². The number of ether oxygens (including phenoxy) is 1. The van der Waals surface area contributed by atoms with E-state index < -0.39 is 0 Å². The highest BCUT2D eigenvalue weighted by molar-refractivity contribution is 5.28. The Hall–Kier alpha value is -0.900. The zero-order valence-electron chi connectivity index (χ0n) is 16.3. The lowest BCUT2D eigenvalue weighted by atomic mass is 9.82. The highest BCUT2D eigenvalue weighted by Gasteiger charge is 2.32. The number of rotatable bonds is 6. The van der Waals surface area contributed by atoms with Gasteiger partial charge in [0.05, 0.1) is 6.54 Å². The lowest BCUT2D eigenvalue weighted by molar-refractivity contribution is -0.898. The topological polar surface area (TPSA) is 32.3 Å². The van der Waals surface area contributed by atoms with Gasteiger partial charge in [-0.15, -0.1) is 0 Å². The van der Waals surface area contributed by atoms with Crippen LogP contribution in [-0.4, -0.2) is 36.5 Å². The molecule has 0 radical (unpaired) electrons. The van der Waals surface area contributed by atoms with Gasteiger partial charge in [0.1, 0.15) is 25.3 Å². The Balaban J connectivity index is 1.96. The average molecular weight is 334 g/mol. The van der Waals surface area contributed by atoms with Gasteiger partial charge in [-0.25, -0.2) is 0 Å². The van der Waals surface area contributed by atoms with Crippen molar-refractivity contribution in [1.82, 2.24) is 0 Å². The summed E-state index contributed by atoms with van der Waals surface area (Å²) >= 11 is 0. The number of nitrogens with zero attached hydrogens (tertiary/aromatic N) is 1. The summed E-state index contributed by atoms with van der Waals surface area (Å²) in [6.45, 7) is 14.9. The van der Waals surface area contributed by atoms with E-state index in [0.717, 1.165) is 12.8 Å². The molecule has 3 unspecified atom stereocenters. The molecule has 1 heterocycles. The van der Waals surface area contributed by atoms with Crippen LogP contribution in [0.15, 0.2) is 24.3 Å². The van der Waals surface area contributed by atoms with Gasteiger partial charge >= 0.3 is 0 Å². The Kier molecular flexibility index (Phi) is 6.11. The highest BCUT2D eigenvalue weighted by Crippen LogP contribution is 2.27. The predicted octanol–water partition coefficient (Wildman–Crippen LogP) is 4.67. The summed E-state index contributed by atoms with van der Waals surface area (Å²) in [6, 6.07) is 8.99. The van der Waals surface area contributed by atoms with E-state index in [2.05, 4.69) is 52.0 Å². The molecule has 1 fully saturated rings. The van der Waals surface area contributed by atoms with Crippen LogP contribution in [0.2, 0.25) is 0 Å². The van der Waals surface area contributed by atoms with Crippen LogP contribution in [0.25, 0.3) is 0 Å². The third kappa shape index (κ3) is 5.05. The average Bonchev–Trinajstić information content (AvgIpc) is 2.45. The summed E-state index contributed by atoms with van der Waals surface area (Å²) in [5.41, 5.74) is 2.96. The first-order valence-electron chi connectivity index (χ1n) is 9.45. The molecule has 1 aliphatic rings. The van der Waals surface area contributed by atoms with Crippen molar-refractivity contribution < 1.29 is 9.38 Å². The molecule has 1 aromatic carbocycles. The molecule has 0 aromatic heterocycles. The first-order valence-corrected chi connectivity index (χ1v) is 9.45. The fraction of sp³-hybridized carbons (Fsp3) is 0.714. The van der Waals surface area contributed by atoms with E-state index >= 15 is 0 Å². The van der Waals surface area contributed by atoms with E-state index in [9.17, 15) is 5.21 Å². The van der Waals surface area contributed by atoms with Crippen molar-refractivity contribution in [3.8, 4) is 0 Å². The molecule has 0 amide bonds. The Labute approximate surface area is 148 Å². The van der Waals surface area contributed by atoms with Gasteiger partial charge in [0, 0.05) is 5.92 Å². The Morgan fingerprint density at radius 2 is 1.71 bits per heavy atom. The van der Waals surface area contributed by atoms with Crippen molar-refractivity contribution in [3.05, 3.63) is 40.6 Å². The van der Waals surface area contributed by atoms with Gasteiger partial charge in [0.2, 0.25) is 0 Å². The standard InChI is InChI=1S/C21H35NO2/c1-7-21(5,6)20-10-8-19(9-11-20)12-16(2)13-22(23)14-17(3)24-18(4)15-22/h8-11,16-18H,7,12-15H2,1-6H3. The van der Waals surface area contributed by atoms with Crippen LogP contribution in [0, 0.1) is 11.1 Å². The third-order valence-electron chi connectivity index (χ3n) is 5.49. The van der Waals surface area contributed by atoms with Crippen LogP contribution in [0.3, 0.4) is 0 Å². The Bertz CT molecular complexity index is 513. The molecule has 2 rings (SSSR count). The van der Waals surface area contributed by atoms with Crippen molar-refractivity contribution >= 4 is 0 Å². The van der Waals surface area contributed by atoms with E-state index in [1.807, 2.05) is 13.8 Å². The maximum Gasteiger partial charge on any atom is 0.105 e. The molecule has 3 heteroatoms. The van der Waals surface area contributed by atoms with Gasteiger partial charge in [-0.1, -0.05) is 52.0 Å². The molecule has 1 aliphatic heterocycles. The second kappa shape index (κ2) is 7.55. The van der Waals surface area contributed by atoms with Crippen molar-refractivity contribution in [1.29, 1.82) is 0 Å². The molecule has 3 atom stereocenters. The molecule has 1 aromatic rings. The number of quaternary nitrogens is 1. The summed E-state index contributed by atoms with van der Waals surface area (Å²) in [5, 5.41) is 13.0. The molecule has 0 spiro atoms. The Morgan fingerprint density at radius 1 is 1.17 bits per heavy atom. The molecule has 0 bridgehead atoms. The number of hydrogen-bond donors (Lipinski definition) is 0. The normalized spacial score (nSPS) is 29.5. The van der Waals surface area contributed by atoms with Crippen molar-refractivity contribution in [3.63, 3.8) is 0 Å². The van der Waals surface area contributed by atoms with Gasteiger partial charge in [0.25, 0.3) is 0 Å². The van der Waals surface area contributed by atoms with Crippen molar-refractivity contribution in [2.75, 3.05) is 19.6 Å². The van der Waals surface area contributed by atoms with Gasteiger partial charge < -0.3 is 14.6 Å². The van der Waals surface area contributed by atoms with Crippen molar-refractivity contribution in [2.45, 2.75) is 72.0 Å². The summed E-state index contributed by atoms with van der Waals surface area (Å²) in [5.74, 6) is 0.380.